The molecule has 70 heavy (non-hydrogen) atoms. The van der Waals surface area contributed by atoms with Crippen LogP contribution in [0.5, 0.6) is 0 Å². The van der Waals surface area contributed by atoms with Gasteiger partial charge >= 0.3 is 17.9 Å². The van der Waals surface area contributed by atoms with E-state index < -0.39 is 6.10 Å². The van der Waals surface area contributed by atoms with Crippen molar-refractivity contribution in [2.45, 2.75) is 329 Å². The molecule has 0 aromatic heterocycles. The van der Waals surface area contributed by atoms with Crippen molar-refractivity contribution in [1.82, 2.24) is 0 Å². The highest BCUT2D eigenvalue weighted by Gasteiger charge is 2.19. The van der Waals surface area contributed by atoms with E-state index in [4.69, 9.17) is 14.2 Å². The number of allylic oxidation sites excluding steroid dienone is 8. The molecule has 408 valence electrons. The molecule has 0 bridgehead atoms. The second-order valence-electron chi connectivity index (χ2n) is 20.6. The van der Waals surface area contributed by atoms with Gasteiger partial charge in [-0.15, -0.1) is 0 Å². The van der Waals surface area contributed by atoms with Crippen LogP contribution < -0.4 is 0 Å². The third kappa shape index (κ3) is 56.3. The number of unbranched alkanes of at least 4 members (excludes halogenated alkanes) is 37. The van der Waals surface area contributed by atoms with Crippen LogP contribution in [-0.4, -0.2) is 37.2 Å². The van der Waals surface area contributed by atoms with Crippen molar-refractivity contribution in [2.75, 3.05) is 13.2 Å². The quantitative estimate of drug-likeness (QED) is 0.0261. The van der Waals surface area contributed by atoms with E-state index in [1.165, 1.54) is 193 Å². The Bertz CT molecular complexity index is 1220. The Morgan fingerprint density at radius 1 is 0.300 bits per heavy atom. The smallest absolute Gasteiger partial charge is 0.306 e. The zero-order chi connectivity index (χ0) is 50.7. The first-order valence-electron chi connectivity index (χ1n) is 30.6. The van der Waals surface area contributed by atoms with Gasteiger partial charge in [0, 0.05) is 19.3 Å². The number of hydrogen-bond acceptors (Lipinski definition) is 6. The minimum Gasteiger partial charge on any atom is -0.462 e. The average Bonchev–Trinajstić information content (AvgIpc) is 3.36. The number of ether oxygens (including phenoxy) is 3. The monoisotopic (exact) mass is 981 g/mol. The molecule has 0 saturated heterocycles. The largest absolute Gasteiger partial charge is 0.462 e. The Morgan fingerprint density at radius 3 is 0.871 bits per heavy atom. The summed E-state index contributed by atoms with van der Waals surface area (Å²) in [5.74, 6) is -0.865. The fourth-order valence-corrected chi connectivity index (χ4v) is 9.02. The van der Waals surface area contributed by atoms with E-state index in [0.717, 1.165) is 89.9 Å². The van der Waals surface area contributed by atoms with Crippen LogP contribution in [0.2, 0.25) is 0 Å². The maximum absolute atomic E-state index is 12.8. The fraction of sp³-hybridized carbons (Fsp3) is 0.828. The van der Waals surface area contributed by atoms with E-state index in [2.05, 4.69) is 69.4 Å². The highest BCUT2D eigenvalue weighted by atomic mass is 16.6. The molecule has 0 aromatic rings. The van der Waals surface area contributed by atoms with Crippen molar-refractivity contribution in [1.29, 1.82) is 0 Å². The van der Waals surface area contributed by atoms with E-state index >= 15 is 0 Å². The average molecular weight is 982 g/mol. The van der Waals surface area contributed by atoms with Crippen LogP contribution in [0.15, 0.2) is 48.6 Å². The van der Waals surface area contributed by atoms with Gasteiger partial charge in [0.1, 0.15) is 13.2 Å². The molecule has 0 saturated carbocycles. The van der Waals surface area contributed by atoms with Gasteiger partial charge in [-0.25, -0.2) is 0 Å². The molecule has 1 atom stereocenters. The van der Waals surface area contributed by atoms with Gasteiger partial charge in [-0.3, -0.25) is 14.4 Å². The van der Waals surface area contributed by atoms with Crippen LogP contribution in [0, 0.1) is 0 Å². The lowest BCUT2D eigenvalue weighted by Crippen LogP contribution is -2.30. The second kappa shape index (κ2) is 58.9. The molecule has 0 aliphatic carbocycles. The third-order valence-corrected chi connectivity index (χ3v) is 13.6. The summed E-state index contributed by atoms with van der Waals surface area (Å²) >= 11 is 0. The predicted octanol–water partition coefficient (Wildman–Crippen LogP) is 20.6. The lowest BCUT2D eigenvalue weighted by atomic mass is 10.0. The highest BCUT2D eigenvalue weighted by Crippen LogP contribution is 2.17. The van der Waals surface area contributed by atoms with Gasteiger partial charge in [0.05, 0.1) is 0 Å². The van der Waals surface area contributed by atoms with Gasteiger partial charge < -0.3 is 14.2 Å². The molecule has 1 unspecified atom stereocenters. The van der Waals surface area contributed by atoms with Crippen molar-refractivity contribution in [2.24, 2.45) is 0 Å². The molecule has 0 rings (SSSR count). The number of carbonyl (C=O) groups is 3. The topological polar surface area (TPSA) is 78.9 Å². The van der Waals surface area contributed by atoms with Gasteiger partial charge in [0.2, 0.25) is 0 Å². The molecule has 0 spiro atoms. The zero-order valence-electron chi connectivity index (χ0n) is 46.8. The Balaban J connectivity index is 4.00. The van der Waals surface area contributed by atoms with Crippen molar-refractivity contribution in [3.05, 3.63) is 48.6 Å². The van der Waals surface area contributed by atoms with E-state index in [1.54, 1.807) is 0 Å². The summed E-state index contributed by atoms with van der Waals surface area (Å²) in [6, 6.07) is 0. The number of carbonyl (C=O) groups excluding carboxylic acids is 3. The molecule has 0 heterocycles. The summed E-state index contributed by atoms with van der Waals surface area (Å²) in [6.45, 7) is 6.49. The summed E-state index contributed by atoms with van der Waals surface area (Å²) in [7, 11) is 0. The van der Waals surface area contributed by atoms with Crippen molar-refractivity contribution >= 4 is 17.9 Å². The van der Waals surface area contributed by atoms with Crippen LogP contribution in [0.1, 0.15) is 323 Å². The molecule has 6 heteroatoms. The summed E-state index contributed by atoms with van der Waals surface area (Å²) in [5.41, 5.74) is 0. The lowest BCUT2D eigenvalue weighted by molar-refractivity contribution is -0.167. The number of hydrogen-bond donors (Lipinski definition) is 0. The first kappa shape index (κ1) is 67.4. The molecule has 0 N–H and O–H groups in total. The summed E-state index contributed by atoms with van der Waals surface area (Å²) in [4.78, 5) is 37.9. The standard InChI is InChI=1S/C64H116O6/c1-4-7-10-13-15-17-19-21-23-25-27-29-30-31-32-33-34-35-37-38-40-42-44-46-48-51-54-57-63(66)69-60-61(59-68-62(65)56-53-50-12-9-6-3)70-64(67)58-55-52-49-47-45-43-41-39-36-28-26-24-22-20-18-16-14-11-8-5-2/h7,10,15,17,21,23,27,29,61H,4-6,8-9,11-14,16,18-20,22,24-26,28,30-60H2,1-3H3/b10-7-,17-15-,23-21-,29-27-. The molecule has 0 aliphatic heterocycles. The molecular formula is C64H116O6. The maximum Gasteiger partial charge on any atom is 0.306 e. The maximum atomic E-state index is 12.8. The van der Waals surface area contributed by atoms with E-state index in [0.29, 0.717) is 19.3 Å². The molecule has 0 fully saturated rings. The molecular weight excluding hydrogens is 865 g/mol. The van der Waals surface area contributed by atoms with E-state index in [1.807, 2.05) is 0 Å². The fourth-order valence-electron chi connectivity index (χ4n) is 9.02. The Labute approximate surface area is 435 Å². The molecule has 6 nitrogen and oxygen atoms in total. The minimum atomic E-state index is -0.766. The Morgan fingerprint density at radius 2 is 0.557 bits per heavy atom. The van der Waals surface area contributed by atoms with E-state index in [-0.39, 0.29) is 31.1 Å². The minimum absolute atomic E-state index is 0.0692. The van der Waals surface area contributed by atoms with Crippen molar-refractivity contribution < 1.29 is 28.6 Å². The van der Waals surface area contributed by atoms with Crippen molar-refractivity contribution in [3.63, 3.8) is 0 Å². The van der Waals surface area contributed by atoms with Gasteiger partial charge in [0.25, 0.3) is 0 Å². The van der Waals surface area contributed by atoms with Gasteiger partial charge in [-0.05, 0) is 57.8 Å². The molecule has 0 radical (unpaired) electrons. The summed E-state index contributed by atoms with van der Waals surface area (Å²) in [6.07, 6.45) is 73.1. The number of esters is 3. The van der Waals surface area contributed by atoms with Crippen LogP contribution in [0.25, 0.3) is 0 Å². The lowest BCUT2D eigenvalue weighted by Gasteiger charge is -2.18. The predicted molar refractivity (Wildman–Crippen MR) is 302 cm³/mol. The summed E-state index contributed by atoms with van der Waals surface area (Å²) in [5, 5.41) is 0. The van der Waals surface area contributed by atoms with Crippen molar-refractivity contribution in [3.8, 4) is 0 Å². The zero-order valence-corrected chi connectivity index (χ0v) is 46.8. The Hall–Kier alpha value is -2.63. The van der Waals surface area contributed by atoms with Crippen LogP contribution in [-0.2, 0) is 28.6 Å². The van der Waals surface area contributed by atoms with Crippen LogP contribution in [0.3, 0.4) is 0 Å². The first-order chi connectivity index (χ1) is 34.5. The normalized spacial score (nSPS) is 12.3. The first-order valence-corrected chi connectivity index (χ1v) is 30.6. The van der Waals surface area contributed by atoms with Gasteiger partial charge in [0.15, 0.2) is 6.10 Å². The van der Waals surface area contributed by atoms with Crippen LogP contribution in [0.4, 0.5) is 0 Å². The number of rotatable bonds is 56. The second-order valence-corrected chi connectivity index (χ2v) is 20.6. The third-order valence-electron chi connectivity index (χ3n) is 13.6. The molecule has 0 aliphatic rings. The molecule has 0 amide bonds. The molecule has 0 aromatic carbocycles. The van der Waals surface area contributed by atoms with Crippen LogP contribution >= 0.6 is 0 Å². The SMILES string of the molecule is CC/C=C\C/C=C\C/C=C\C/C=C\CCCCCCCCCCCCCCCCC(=O)OCC(COC(=O)CCCCCCC)OC(=O)CCCCCCCCCCCCCCCCCCCCCC. The van der Waals surface area contributed by atoms with Gasteiger partial charge in [-0.2, -0.15) is 0 Å². The Kier molecular flexibility index (Phi) is 56.7. The van der Waals surface area contributed by atoms with Gasteiger partial charge in [-0.1, -0.05) is 294 Å². The summed E-state index contributed by atoms with van der Waals surface area (Å²) < 4.78 is 16.8. The highest BCUT2D eigenvalue weighted by molar-refractivity contribution is 5.71. The van der Waals surface area contributed by atoms with E-state index in [9.17, 15) is 14.4 Å².